The first-order valence-corrected chi connectivity index (χ1v) is 19.2. The van der Waals surface area contributed by atoms with Crippen molar-refractivity contribution < 1.29 is 8.83 Å². The Hall–Kier alpha value is -7.96. The van der Waals surface area contributed by atoms with Crippen LogP contribution in [0.4, 0.5) is 0 Å². The maximum Gasteiger partial charge on any atom is 0.227 e. The smallest absolute Gasteiger partial charge is 0.227 e. The number of aromatic nitrogens is 4. The van der Waals surface area contributed by atoms with E-state index < -0.39 is 0 Å². The summed E-state index contributed by atoms with van der Waals surface area (Å²) >= 11 is 0. The van der Waals surface area contributed by atoms with E-state index in [2.05, 4.69) is 84.9 Å². The van der Waals surface area contributed by atoms with E-state index in [1.54, 1.807) is 0 Å². The molecule has 58 heavy (non-hydrogen) atoms. The average molecular weight is 745 g/mol. The van der Waals surface area contributed by atoms with Gasteiger partial charge in [0.2, 0.25) is 5.89 Å². The van der Waals surface area contributed by atoms with Crippen molar-refractivity contribution in [1.29, 1.82) is 0 Å². The quantitative estimate of drug-likeness (QED) is 0.162. The summed E-state index contributed by atoms with van der Waals surface area (Å²) in [5.41, 5.74) is 12.9. The van der Waals surface area contributed by atoms with Crippen molar-refractivity contribution in [3.05, 3.63) is 194 Å². The number of furan rings is 1. The molecule has 0 aliphatic carbocycles. The molecule has 0 saturated heterocycles. The van der Waals surface area contributed by atoms with Crippen LogP contribution in [0.25, 0.3) is 112 Å². The van der Waals surface area contributed by atoms with Crippen molar-refractivity contribution in [3.8, 4) is 79.0 Å². The van der Waals surface area contributed by atoms with Gasteiger partial charge in [0.05, 0.1) is 0 Å². The van der Waals surface area contributed by atoms with Gasteiger partial charge in [-0.2, -0.15) is 0 Å². The molecule has 0 radical (unpaired) electrons. The maximum atomic E-state index is 6.70. The lowest BCUT2D eigenvalue weighted by Crippen LogP contribution is -2.01. The summed E-state index contributed by atoms with van der Waals surface area (Å²) in [6.45, 7) is 0. The Morgan fingerprint density at radius 3 is 1.52 bits per heavy atom. The van der Waals surface area contributed by atoms with E-state index in [1.165, 1.54) is 0 Å². The Balaban J connectivity index is 1.03. The Labute approximate surface area is 333 Å². The first-order valence-electron chi connectivity index (χ1n) is 19.2. The molecule has 8 aromatic carbocycles. The Morgan fingerprint density at radius 2 is 0.828 bits per heavy atom. The van der Waals surface area contributed by atoms with Gasteiger partial charge in [-0.1, -0.05) is 170 Å². The zero-order valence-corrected chi connectivity index (χ0v) is 31.1. The summed E-state index contributed by atoms with van der Waals surface area (Å²) in [4.78, 5) is 20.1. The largest absolute Gasteiger partial charge is 0.455 e. The first kappa shape index (κ1) is 33.4. The molecule has 0 saturated carbocycles. The summed E-state index contributed by atoms with van der Waals surface area (Å²) in [6, 6.07) is 65.7. The van der Waals surface area contributed by atoms with Crippen LogP contribution in [0.5, 0.6) is 0 Å². The van der Waals surface area contributed by atoms with E-state index in [-0.39, 0.29) is 0 Å². The zero-order chi connectivity index (χ0) is 38.4. The molecular weight excluding hydrogens is 713 g/mol. The number of hydrogen-bond acceptors (Lipinski definition) is 6. The zero-order valence-electron chi connectivity index (χ0n) is 31.1. The van der Waals surface area contributed by atoms with Gasteiger partial charge in [-0.15, -0.1) is 0 Å². The van der Waals surface area contributed by atoms with Gasteiger partial charge >= 0.3 is 0 Å². The minimum atomic E-state index is 0.576. The highest BCUT2D eigenvalue weighted by Gasteiger charge is 2.21. The second-order valence-electron chi connectivity index (χ2n) is 14.2. The summed E-state index contributed by atoms with van der Waals surface area (Å²) in [6.07, 6.45) is 0. The molecule has 0 aliphatic heterocycles. The number of benzene rings is 8. The van der Waals surface area contributed by atoms with Crippen LogP contribution in [0, 0.1) is 0 Å². The SMILES string of the molecule is c1ccc(-c2nc(-c3ccccc3)nc(-c3ccccc3-c3ccc4oc5c(-c6cccc7oc(-c8ccccc8-c8ccccc8)nc67)cccc5c4c3)n2)cc1. The Kier molecular flexibility index (Phi) is 8.04. The lowest BCUT2D eigenvalue weighted by molar-refractivity contribution is 0.620. The molecule has 0 N–H and O–H groups in total. The van der Waals surface area contributed by atoms with Crippen LogP contribution in [0.1, 0.15) is 0 Å². The fourth-order valence-corrected chi connectivity index (χ4v) is 7.86. The highest BCUT2D eigenvalue weighted by atomic mass is 16.3. The van der Waals surface area contributed by atoms with Crippen LogP contribution in [0.2, 0.25) is 0 Å². The number of hydrogen-bond donors (Lipinski definition) is 0. The van der Waals surface area contributed by atoms with Gasteiger partial charge in [0.25, 0.3) is 0 Å². The second kappa shape index (κ2) is 14.0. The summed E-state index contributed by atoms with van der Waals surface area (Å²) in [5.74, 6) is 2.43. The maximum absolute atomic E-state index is 6.70. The molecule has 272 valence electrons. The third-order valence-corrected chi connectivity index (χ3v) is 10.6. The average Bonchev–Trinajstić information content (AvgIpc) is 3.92. The normalized spacial score (nSPS) is 11.4. The molecule has 0 spiro atoms. The fraction of sp³-hybridized carbons (Fsp3) is 0. The number of rotatable bonds is 7. The van der Waals surface area contributed by atoms with E-state index in [9.17, 15) is 0 Å². The number of nitrogens with zero attached hydrogens (tertiary/aromatic N) is 4. The molecule has 11 aromatic rings. The van der Waals surface area contributed by atoms with Crippen molar-refractivity contribution in [2.45, 2.75) is 0 Å². The van der Waals surface area contributed by atoms with Gasteiger partial charge in [0.1, 0.15) is 16.7 Å². The lowest BCUT2D eigenvalue weighted by atomic mass is 9.96. The highest BCUT2D eigenvalue weighted by Crippen LogP contribution is 2.42. The topological polar surface area (TPSA) is 77.8 Å². The van der Waals surface area contributed by atoms with Crippen molar-refractivity contribution in [1.82, 2.24) is 19.9 Å². The van der Waals surface area contributed by atoms with Crippen molar-refractivity contribution in [2.24, 2.45) is 0 Å². The Morgan fingerprint density at radius 1 is 0.293 bits per heavy atom. The summed E-state index contributed by atoms with van der Waals surface area (Å²) < 4.78 is 13.2. The molecule has 3 aromatic heterocycles. The van der Waals surface area contributed by atoms with Crippen LogP contribution in [-0.2, 0) is 0 Å². The van der Waals surface area contributed by atoms with E-state index in [0.717, 1.165) is 83.1 Å². The van der Waals surface area contributed by atoms with Gasteiger partial charge in [-0.25, -0.2) is 19.9 Å². The molecule has 0 unspecified atom stereocenters. The van der Waals surface area contributed by atoms with Crippen molar-refractivity contribution in [3.63, 3.8) is 0 Å². The molecule has 3 heterocycles. The minimum absolute atomic E-state index is 0.576. The lowest BCUT2D eigenvalue weighted by Gasteiger charge is -2.12. The van der Waals surface area contributed by atoms with Crippen LogP contribution >= 0.6 is 0 Å². The molecule has 6 heteroatoms. The van der Waals surface area contributed by atoms with E-state index >= 15 is 0 Å². The molecule has 11 rings (SSSR count). The summed E-state index contributed by atoms with van der Waals surface area (Å²) in [5, 5.41) is 2.03. The molecule has 6 nitrogen and oxygen atoms in total. The van der Waals surface area contributed by atoms with Gasteiger partial charge < -0.3 is 8.83 Å². The van der Waals surface area contributed by atoms with Crippen molar-refractivity contribution >= 4 is 33.0 Å². The fourth-order valence-electron chi connectivity index (χ4n) is 7.86. The van der Waals surface area contributed by atoms with Crippen LogP contribution in [0.15, 0.2) is 203 Å². The van der Waals surface area contributed by atoms with Gasteiger partial charge in [-0.3, -0.25) is 0 Å². The molecule has 0 atom stereocenters. The molecule has 0 aliphatic rings. The monoisotopic (exact) mass is 744 g/mol. The van der Waals surface area contributed by atoms with E-state index in [0.29, 0.717) is 28.9 Å². The molecule has 0 amide bonds. The molecule has 0 fully saturated rings. The number of oxazole rings is 1. The van der Waals surface area contributed by atoms with Gasteiger partial charge in [0.15, 0.2) is 23.1 Å². The van der Waals surface area contributed by atoms with Crippen molar-refractivity contribution in [2.75, 3.05) is 0 Å². The second-order valence-corrected chi connectivity index (χ2v) is 14.2. The number of fused-ring (bicyclic) bond motifs is 4. The van der Waals surface area contributed by atoms with E-state index in [4.69, 9.17) is 28.8 Å². The van der Waals surface area contributed by atoms with Crippen LogP contribution in [-0.4, -0.2) is 19.9 Å². The predicted molar refractivity (Wildman–Crippen MR) is 233 cm³/mol. The predicted octanol–water partition coefficient (Wildman–Crippen LogP) is 13.6. The third kappa shape index (κ3) is 5.83. The van der Waals surface area contributed by atoms with Gasteiger partial charge in [-0.05, 0) is 46.5 Å². The van der Waals surface area contributed by atoms with E-state index in [1.807, 2.05) is 109 Å². The standard InChI is InChI=1S/C52H32N4O2/c1-4-16-33(17-5-1)37-22-11-13-25-43(37)52-53-47-39(26-15-29-46(47)58-52)40-27-14-28-41-44-32-36(30-31-45(44)57-48(40)41)38-23-10-12-24-42(38)51-55-49(34-18-6-2-7-19-34)54-50(56-51)35-20-8-3-9-21-35/h1-32H. The molecular formula is C52H32N4O2. The highest BCUT2D eigenvalue weighted by molar-refractivity contribution is 6.12. The van der Waals surface area contributed by atoms with Crippen LogP contribution in [0.3, 0.4) is 0 Å². The third-order valence-electron chi connectivity index (χ3n) is 10.6. The number of para-hydroxylation sites is 2. The summed E-state index contributed by atoms with van der Waals surface area (Å²) in [7, 11) is 0. The molecule has 0 bridgehead atoms. The van der Waals surface area contributed by atoms with Crippen LogP contribution < -0.4 is 0 Å². The first-order chi connectivity index (χ1) is 28.7. The minimum Gasteiger partial charge on any atom is -0.455 e. The Bertz CT molecular complexity index is 3220. The van der Waals surface area contributed by atoms with Gasteiger partial charge in [0, 0.05) is 44.2 Å².